The fourth-order valence-corrected chi connectivity index (χ4v) is 2.96. The average molecular weight is 496 g/mol. The maximum absolute atomic E-state index is 13.7. The minimum absolute atomic E-state index is 0. The molecule has 0 saturated carbocycles. The quantitative estimate of drug-likeness (QED) is 0.347. The lowest BCUT2D eigenvalue weighted by molar-refractivity contribution is -0.00683. The summed E-state index contributed by atoms with van der Waals surface area (Å²) >= 11 is 0. The zero-order valence-corrected chi connectivity index (χ0v) is 18.7. The van der Waals surface area contributed by atoms with Crippen molar-refractivity contribution >= 4 is 29.9 Å². The van der Waals surface area contributed by atoms with Crippen molar-refractivity contribution in [3.63, 3.8) is 0 Å². The van der Waals surface area contributed by atoms with Crippen LogP contribution in [0.1, 0.15) is 26.3 Å². The van der Waals surface area contributed by atoms with Crippen molar-refractivity contribution in [2.75, 3.05) is 45.9 Å². The molecule has 1 aromatic carbocycles. The second kappa shape index (κ2) is 11.8. The van der Waals surface area contributed by atoms with E-state index in [0.29, 0.717) is 19.0 Å². The molecule has 0 unspecified atom stereocenters. The zero-order chi connectivity index (χ0) is 19.0. The minimum Gasteiger partial charge on any atom is -0.379 e. The molecule has 1 aliphatic rings. The number of nitrogens with one attached hydrogen (secondary N) is 2. The molecule has 27 heavy (non-hydrogen) atoms. The average Bonchev–Trinajstić information content (AvgIpc) is 2.63. The summed E-state index contributed by atoms with van der Waals surface area (Å²) < 4.78 is 32.8. The summed E-state index contributed by atoms with van der Waals surface area (Å²) in [4.78, 5) is 7.03. The van der Waals surface area contributed by atoms with Crippen LogP contribution in [-0.4, -0.2) is 62.3 Å². The van der Waals surface area contributed by atoms with Crippen LogP contribution in [0.15, 0.2) is 23.2 Å². The van der Waals surface area contributed by atoms with E-state index in [1.165, 1.54) is 18.2 Å². The molecule has 1 aliphatic heterocycles. The molecule has 0 spiro atoms. The Labute approximate surface area is 178 Å². The standard InChI is InChI=1S/C19H30F2N4O.HI/c1-4-22-18(23-9-8-15-16(20)6-5-7-17(15)21)24-14-19(2,3)25-10-12-26-13-11-25;/h5-7H,4,8-14H2,1-3H3,(H2,22,23,24);1H. The maximum atomic E-state index is 13.7. The van der Waals surface area contributed by atoms with Gasteiger partial charge >= 0.3 is 0 Å². The van der Waals surface area contributed by atoms with Gasteiger partial charge in [-0.2, -0.15) is 0 Å². The van der Waals surface area contributed by atoms with E-state index in [1.807, 2.05) is 6.92 Å². The predicted molar refractivity (Wildman–Crippen MR) is 116 cm³/mol. The summed E-state index contributed by atoms with van der Waals surface area (Å²) in [6.45, 7) is 11.4. The Balaban J connectivity index is 0.00000364. The van der Waals surface area contributed by atoms with Gasteiger partial charge in [-0.1, -0.05) is 6.07 Å². The van der Waals surface area contributed by atoms with Crippen molar-refractivity contribution in [2.45, 2.75) is 32.7 Å². The van der Waals surface area contributed by atoms with Gasteiger partial charge in [0.1, 0.15) is 11.6 Å². The van der Waals surface area contributed by atoms with Crippen LogP contribution in [0.4, 0.5) is 8.78 Å². The van der Waals surface area contributed by atoms with E-state index in [-0.39, 0.29) is 41.5 Å². The number of hydrogen-bond donors (Lipinski definition) is 2. The van der Waals surface area contributed by atoms with Crippen LogP contribution >= 0.6 is 24.0 Å². The lowest BCUT2D eigenvalue weighted by Crippen LogP contribution is -2.52. The molecule has 0 radical (unpaired) electrons. The Hall–Kier alpha value is -1.000. The first-order valence-corrected chi connectivity index (χ1v) is 9.22. The number of nitrogens with zero attached hydrogens (tertiary/aromatic N) is 2. The Morgan fingerprint density at radius 2 is 1.81 bits per heavy atom. The maximum Gasteiger partial charge on any atom is 0.191 e. The fraction of sp³-hybridized carbons (Fsp3) is 0.632. The van der Waals surface area contributed by atoms with Crippen molar-refractivity contribution in [1.82, 2.24) is 15.5 Å². The number of halogens is 3. The van der Waals surface area contributed by atoms with Crippen molar-refractivity contribution in [3.05, 3.63) is 35.4 Å². The van der Waals surface area contributed by atoms with E-state index in [1.54, 1.807) is 0 Å². The molecule has 0 amide bonds. The number of aliphatic imine (C=N–C) groups is 1. The van der Waals surface area contributed by atoms with Gasteiger partial charge in [0.2, 0.25) is 0 Å². The minimum atomic E-state index is -0.512. The number of rotatable bonds is 7. The third-order valence-corrected chi connectivity index (χ3v) is 4.56. The van der Waals surface area contributed by atoms with Crippen LogP contribution in [0.25, 0.3) is 0 Å². The van der Waals surface area contributed by atoms with Gasteiger partial charge in [0.05, 0.1) is 19.8 Å². The van der Waals surface area contributed by atoms with Gasteiger partial charge in [-0.15, -0.1) is 24.0 Å². The van der Waals surface area contributed by atoms with Crippen molar-refractivity contribution < 1.29 is 13.5 Å². The van der Waals surface area contributed by atoms with E-state index in [0.717, 1.165) is 32.8 Å². The summed E-state index contributed by atoms with van der Waals surface area (Å²) in [6, 6.07) is 3.94. The fourth-order valence-electron chi connectivity index (χ4n) is 2.96. The topological polar surface area (TPSA) is 48.9 Å². The van der Waals surface area contributed by atoms with Crippen LogP contribution in [-0.2, 0) is 11.2 Å². The highest BCUT2D eigenvalue weighted by atomic mass is 127. The monoisotopic (exact) mass is 496 g/mol. The molecule has 1 fully saturated rings. The Kier molecular flexibility index (Phi) is 10.5. The SMILES string of the molecule is CCNC(=NCC(C)(C)N1CCOCC1)NCCc1c(F)cccc1F.I. The lowest BCUT2D eigenvalue weighted by Gasteiger charge is -2.39. The van der Waals surface area contributed by atoms with Crippen molar-refractivity contribution in [3.8, 4) is 0 Å². The van der Waals surface area contributed by atoms with Crippen LogP contribution < -0.4 is 10.6 Å². The third-order valence-electron chi connectivity index (χ3n) is 4.56. The molecular formula is C19H31F2IN4O. The first-order valence-electron chi connectivity index (χ1n) is 9.22. The number of benzene rings is 1. The summed E-state index contributed by atoms with van der Waals surface area (Å²) in [6.07, 6.45) is 0.260. The van der Waals surface area contributed by atoms with Crippen LogP contribution in [0, 0.1) is 11.6 Å². The molecule has 1 heterocycles. The summed E-state index contributed by atoms with van der Waals surface area (Å²) in [7, 11) is 0. The summed E-state index contributed by atoms with van der Waals surface area (Å²) in [5.41, 5.74) is 0.0218. The van der Waals surface area contributed by atoms with Gasteiger partial charge in [-0.25, -0.2) is 8.78 Å². The Morgan fingerprint density at radius 3 is 2.41 bits per heavy atom. The van der Waals surface area contributed by atoms with Crippen LogP contribution in [0.3, 0.4) is 0 Å². The highest BCUT2D eigenvalue weighted by Gasteiger charge is 2.28. The van der Waals surface area contributed by atoms with E-state index in [4.69, 9.17) is 4.74 Å². The molecular weight excluding hydrogens is 465 g/mol. The largest absolute Gasteiger partial charge is 0.379 e. The number of ether oxygens (including phenoxy) is 1. The number of morpholine rings is 1. The van der Waals surface area contributed by atoms with E-state index >= 15 is 0 Å². The summed E-state index contributed by atoms with van der Waals surface area (Å²) in [5.74, 6) is -0.366. The highest BCUT2D eigenvalue weighted by Crippen LogP contribution is 2.16. The zero-order valence-electron chi connectivity index (χ0n) is 16.4. The van der Waals surface area contributed by atoms with Crippen LogP contribution in [0.2, 0.25) is 0 Å². The second-order valence-corrected chi connectivity index (χ2v) is 6.98. The molecule has 5 nitrogen and oxygen atoms in total. The van der Waals surface area contributed by atoms with Crippen LogP contribution in [0.5, 0.6) is 0 Å². The van der Waals surface area contributed by atoms with Gasteiger partial charge in [0.25, 0.3) is 0 Å². The molecule has 2 rings (SSSR count). The Morgan fingerprint density at radius 1 is 1.19 bits per heavy atom. The van der Waals surface area contributed by atoms with E-state index in [9.17, 15) is 8.78 Å². The molecule has 1 aromatic rings. The molecule has 154 valence electrons. The summed E-state index contributed by atoms with van der Waals surface area (Å²) in [5, 5.41) is 6.34. The molecule has 1 saturated heterocycles. The smallest absolute Gasteiger partial charge is 0.191 e. The molecule has 2 N–H and O–H groups in total. The molecule has 8 heteroatoms. The Bertz CT molecular complexity index is 587. The number of guanidine groups is 1. The van der Waals surface area contributed by atoms with Crippen molar-refractivity contribution in [2.24, 2.45) is 4.99 Å². The first-order chi connectivity index (χ1) is 12.4. The number of hydrogen-bond acceptors (Lipinski definition) is 3. The van der Waals surface area contributed by atoms with Gasteiger partial charge in [-0.3, -0.25) is 9.89 Å². The molecule has 0 atom stereocenters. The predicted octanol–water partition coefficient (Wildman–Crippen LogP) is 2.79. The van der Waals surface area contributed by atoms with Gasteiger partial charge in [-0.05, 0) is 39.3 Å². The normalized spacial score (nSPS) is 16.0. The first kappa shape index (κ1) is 24.0. The van der Waals surface area contributed by atoms with Crippen molar-refractivity contribution in [1.29, 1.82) is 0 Å². The van der Waals surface area contributed by atoms with Gasteiger partial charge in [0.15, 0.2) is 5.96 Å². The third kappa shape index (κ3) is 7.50. The van der Waals surface area contributed by atoms with Gasteiger partial charge < -0.3 is 15.4 Å². The second-order valence-electron chi connectivity index (χ2n) is 6.98. The lowest BCUT2D eigenvalue weighted by atomic mass is 10.0. The highest BCUT2D eigenvalue weighted by molar-refractivity contribution is 14.0. The molecule has 0 bridgehead atoms. The van der Waals surface area contributed by atoms with E-state index in [2.05, 4.69) is 34.4 Å². The van der Waals surface area contributed by atoms with E-state index < -0.39 is 11.6 Å². The molecule has 0 aliphatic carbocycles. The molecule has 0 aromatic heterocycles. The van der Waals surface area contributed by atoms with Gasteiger partial charge in [0, 0.05) is 37.3 Å².